The number of anilines is 1. The van der Waals surface area contributed by atoms with Crippen LogP contribution >= 0.6 is 0 Å². The van der Waals surface area contributed by atoms with Gasteiger partial charge in [-0.2, -0.15) is 5.10 Å². The lowest BCUT2D eigenvalue weighted by Crippen LogP contribution is -2.22. The summed E-state index contributed by atoms with van der Waals surface area (Å²) in [6, 6.07) is 5.93. The maximum atomic E-state index is 11.8. The van der Waals surface area contributed by atoms with Crippen LogP contribution in [-0.4, -0.2) is 45.8 Å². The number of carbonyl (C=O) groups excluding carboxylic acids is 1. The lowest BCUT2D eigenvalue weighted by Gasteiger charge is -2.08. The number of aromatic nitrogens is 2. The molecule has 0 aliphatic heterocycles. The summed E-state index contributed by atoms with van der Waals surface area (Å²) in [6.07, 6.45) is 1.53. The van der Waals surface area contributed by atoms with Crippen LogP contribution in [0, 0.1) is 0 Å². The Morgan fingerprint density at radius 1 is 1.30 bits per heavy atom. The van der Waals surface area contributed by atoms with Crippen molar-refractivity contribution in [2.24, 2.45) is 0 Å². The number of benzene rings is 1. The summed E-state index contributed by atoms with van der Waals surface area (Å²) in [5.74, 6) is -1.35. The number of amides is 1. The zero-order valence-corrected chi connectivity index (χ0v) is 11.1. The number of carboxylic acids is 1. The monoisotopic (exact) mass is 274 g/mol. The van der Waals surface area contributed by atoms with Crippen molar-refractivity contribution in [3.63, 3.8) is 0 Å². The van der Waals surface area contributed by atoms with Crippen molar-refractivity contribution in [2.45, 2.75) is 0 Å². The van der Waals surface area contributed by atoms with Gasteiger partial charge in [0.15, 0.2) is 5.69 Å². The van der Waals surface area contributed by atoms with E-state index in [0.717, 1.165) is 0 Å². The Kier molecular flexibility index (Phi) is 3.43. The van der Waals surface area contributed by atoms with Gasteiger partial charge in [0.1, 0.15) is 0 Å². The van der Waals surface area contributed by atoms with E-state index < -0.39 is 5.97 Å². The van der Waals surface area contributed by atoms with Gasteiger partial charge in [-0.05, 0) is 24.3 Å². The van der Waals surface area contributed by atoms with Gasteiger partial charge in [-0.3, -0.25) is 4.79 Å². The molecule has 0 radical (unpaired) electrons. The van der Waals surface area contributed by atoms with Crippen LogP contribution < -0.4 is 5.73 Å². The second kappa shape index (κ2) is 5.04. The van der Waals surface area contributed by atoms with Crippen molar-refractivity contribution in [1.82, 2.24) is 14.7 Å². The molecule has 20 heavy (non-hydrogen) atoms. The van der Waals surface area contributed by atoms with Crippen molar-refractivity contribution in [2.75, 3.05) is 19.8 Å². The fourth-order valence-electron chi connectivity index (χ4n) is 1.72. The Morgan fingerprint density at radius 2 is 2.00 bits per heavy atom. The molecule has 1 aromatic carbocycles. The molecule has 3 N–H and O–H groups in total. The molecule has 1 amide bonds. The molecule has 0 atom stereocenters. The number of rotatable bonds is 3. The summed E-state index contributed by atoms with van der Waals surface area (Å²) in [5, 5.41) is 13.3. The van der Waals surface area contributed by atoms with Crippen molar-refractivity contribution in [3.05, 3.63) is 41.7 Å². The van der Waals surface area contributed by atoms with Crippen LogP contribution in [0.15, 0.2) is 30.5 Å². The van der Waals surface area contributed by atoms with E-state index in [0.29, 0.717) is 11.4 Å². The van der Waals surface area contributed by atoms with Gasteiger partial charge in [-0.1, -0.05) is 0 Å². The largest absolute Gasteiger partial charge is 0.478 e. The summed E-state index contributed by atoms with van der Waals surface area (Å²) in [6.45, 7) is 0. The average molecular weight is 274 g/mol. The molecule has 0 saturated carbocycles. The van der Waals surface area contributed by atoms with Crippen LogP contribution in [-0.2, 0) is 0 Å². The molecular formula is C13H14N4O3. The molecule has 7 nitrogen and oxygen atoms in total. The van der Waals surface area contributed by atoms with Crippen molar-refractivity contribution in [1.29, 1.82) is 0 Å². The quantitative estimate of drug-likeness (QED) is 0.808. The summed E-state index contributed by atoms with van der Waals surface area (Å²) >= 11 is 0. The third kappa shape index (κ3) is 2.46. The zero-order valence-electron chi connectivity index (χ0n) is 11.1. The molecule has 0 aliphatic carbocycles. The Balaban J connectivity index is 2.50. The van der Waals surface area contributed by atoms with E-state index in [-0.39, 0.29) is 17.2 Å². The predicted molar refractivity (Wildman–Crippen MR) is 73.0 cm³/mol. The summed E-state index contributed by atoms with van der Waals surface area (Å²) < 4.78 is 1.33. The van der Waals surface area contributed by atoms with E-state index >= 15 is 0 Å². The first kappa shape index (κ1) is 13.6. The van der Waals surface area contributed by atoms with E-state index in [1.165, 1.54) is 40.0 Å². The van der Waals surface area contributed by atoms with Crippen LogP contribution in [0.3, 0.4) is 0 Å². The molecule has 0 aliphatic rings. The first-order valence-corrected chi connectivity index (χ1v) is 5.80. The summed E-state index contributed by atoms with van der Waals surface area (Å²) in [5.41, 5.74) is 6.69. The SMILES string of the molecule is CN(C)C(=O)c1ccn(-c2cc(N)ccc2C(=O)O)n1. The molecule has 1 heterocycles. The number of nitrogen functional groups attached to an aromatic ring is 1. The molecule has 0 fully saturated rings. The highest BCUT2D eigenvalue weighted by Gasteiger charge is 2.16. The number of carboxylic acid groups (broad SMARTS) is 1. The first-order valence-electron chi connectivity index (χ1n) is 5.80. The molecule has 2 aromatic rings. The van der Waals surface area contributed by atoms with Crippen LogP contribution in [0.4, 0.5) is 5.69 Å². The normalized spacial score (nSPS) is 10.3. The van der Waals surface area contributed by atoms with Gasteiger partial charge in [0.25, 0.3) is 5.91 Å². The van der Waals surface area contributed by atoms with E-state index in [2.05, 4.69) is 5.10 Å². The van der Waals surface area contributed by atoms with Crippen LogP contribution in [0.25, 0.3) is 5.69 Å². The van der Waals surface area contributed by atoms with Gasteiger partial charge >= 0.3 is 5.97 Å². The van der Waals surface area contributed by atoms with Crippen LogP contribution in [0.2, 0.25) is 0 Å². The number of nitrogens with two attached hydrogens (primary N) is 1. The fraction of sp³-hybridized carbons (Fsp3) is 0.154. The predicted octanol–water partition coefficient (Wildman–Crippen LogP) is 0.855. The van der Waals surface area contributed by atoms with Crippen LogP contribution in [0.1, 0.15) is 20.8 Å². The number of hydrogen-bond donors (Lipinski definition) is 2. The first-order chi connectivity index (χ1) is 9.40. The van der Waals surface area contributed by atoms with E-state index in [1.54, 1.807) is 14.1 Å². The molecule has 104 valence electrons. The van der Waals surface area contributed by atoms with E-state index in [9.17, 15) is 9.59 Å². The number of carbonyl (C=O) groups is 2. The third-order valence-electron chi connectivity index (χ3n) is 2.71. The van der Waals surface area contributed by atoms with Crippen molar-refractivity contribution >= 4 is 17.6 Å². The lowest BCUT2D eigenvalue weighted by molar-refractivity contribution is 0.0696. The maximum absolute atomic E-state index is 11.8. The molecule has 0 bridgehead atoms. The standard InChI is InChI=1S/C13H14N4O3/c1-16(2)12(18)10-5-6-17(15-10)11-7-8(14)3-4-9(11)13(19)20/h3-7H,14H2,1-2H3,(H,19,20). The molecule has 2 rings (SSSR count). The molecule has 0 spiro atoms. The molecule has 0 saturated heterocycles. The van der Waals surface area contributed by atoms with E-state index in [1.807, 2.05) is 0 Å². The fourth-order valence-corrected chi connectivity index (χ4v) is 1.72. The Morgan fingerprint density at radius 3 is 2.60 bits per heavy atom. The topological polar surface area (TPSA) is 101 Å². The highest BCUT2D eigenvalue weighted by atomic mass is 16.4. The van der Waals surface area contributed by atoms with Gasteiger partial charge in [0.2, 0.25) is 0 Å². The minimum atomic E-state index is -1.09. The summed E-state index contributed by atoms with van der Waals surface area (Å²) in [7, 11) is 3.23. The van der Waals surface area contributed by atoms with Gasteiger partial charge in [-0.15, -0.1) is 0 Å². The average Bonchev–Trinajstić information content (AvgIpc) is 2.86. The summed E-state index contributed by atoms with van der Waals surface area (Å²) in [4.78, 5) is 24.4. The van der Waals surface area contributed by atoms with Crippen molar-refractivity contribution in [3.8, 4) is 5.69 Å². The Hall–Kier alpha value is -2.83. The van der Waals surface area contributed by atoms with Gasteiger partial charge in [0, 0.05) is 26.0 Å². The lowest BCUT2D eigenvalue weighted by atomic mass is 10.1. The minimum Gasteiger partial charge on any atom is -0.478 e. The number of aromatic carboxylic acids is 1. The smallest absolute Gasteiger partial charge is 0.337 e. The zero-order chi connectivity index (χ0) is 14.9. The molecular weight excluding hydrogens is 260 g/mol. The Bertz CT molecular complexity index is 676. The third-order valence-corrected chi connectivity index (χ3v) is 2.71. The number of nitrogens with zero attached hydrogens (tertiary/aromatic N) is 3. The Labute approximate surface area is 115 Å². The molecule has 1 aromatic heterocycles. The van der Waals surface area contributed by atoms with Gasteiger partial charge in [-0.25, -0.2) is 9.48 Å². The maximum Gasteiger partial charge on any atom is 0.337 e. The second-order valence-corrected chi connectivity index (χ2v) is 4.43. The minimum absolute atomic E-state index is 0.0613. The molecule has 0 unspecified atom stereocenters. The highest BCUT2D eigenvalue weighted by Crippen LogP contribution is 2.18. The van der Waals surface area contributed by atoms with E-state index in [4.69, 9.17) is 10.8 Å². The van der Waals surface area contributed by atoms with Gasteiger partial charge in [0.05, 0.1) is 11.3 Å². The van der Waals surface area contributed by atoms with Gasteiger partial charge < -0.3 is 15.7 Å². The van der Waals surface area contributed by atoms with Crippen molar-refractivity contribution < 1.29 is 14.7 Å². The second-order valence-electron chi connectivity index (χ2n) is 4.43. The highest BCUT2D eigenvalue weighted by molar-refractivity contribution is 5.93. The van der Waals surface area contributed by atoms with Crippen LogP contribution in [0.5, 0.6) is 0 Å². The molecule has 7 heteroatoms. The number of hydrogen-bond acceptors (Lipinski definition) is 4.